The lowest BCUT2D eigenvalue weighted by Gasteiger charge is -2.27. The molecule has 0 saturated carbocycles. The highest BCUT2D eigenvalue weighted by Gasteiger charge is 2.28. The van der Waals surface area contributed by atoms with Crippen molar-refractivity contribution < 1.29 is 4.42 Å². The number of hydrogen-bond acceptors (Lipinski definition) is 2. The molecule has 0 aliphatic rings. The number of hydrogen-bond donors (Lipinski definition) is 0. The third kappa shape index (κ3) is 3.74. The second-order valence-electron chi connectivity index (χ2n) is 10.0. The molecule has 2 nitrogen and oxygen atoms in total. The topological polar surface area (TPSA) is 26.0 Å². The van der Waals surface area contributed by atoms with E-state index in [1.54, 1.807) is 0 Å². The number of furan rings is 1. The Morgan fingerprint density at radius 3 is 2.39 bits per heavy atom. The van der Waals surface area contributed by atoms with Gasteiger partial charge in [0.25, 0.3) is 0 Å². The Balaban J connectivity index is 1.79. The molecule has 2 aromatic heterocycles. The molecule has 0 saturated heterocycles. The van der Waals surface area contributed by atoms with E-state index in [0.717, 1.165) is 34.2 Å². The first-order valence-electron chi connectivity index (χ1n) is 11.8. The molecule has 166 valence electrons. The van der Waals surface area contributed by atoms with Crippen LogP contribution >= 0.6 is 0 Å². The van der Waals surface area contributed by atoms with Gasteiger partial charge in [-0.05, 0) is 59.7 Å². The number of aryl methyl sites for hydroxylation is 1. The predicted octanol–water partition coefficient (Wildman–Crippen LogP) is 8.48. The van der Waals surface area contributed by atoms with E-state index in [1.165, 1.54) is 27.6 Å². The molecule has 33 heavy (non-hydrogen) atoms. The highest BCUT2D eigenvalue weighted by Crippen LogP contribution is 2.43. The molecule has 0 spiro atoms. The van der Waals surface area contributed by atoms with Crippen LogP contribution in [0.5, 0.6) is 0 Å². The molecule has 0 radical (unpaired) electrons. The van der Waals surface area contributed by atoms with E-state index in [9.17, 15) is 0 Å². The van der Waals surface area contributed by atoms with Gasteiger partial charge in [0.05, 0.1) is 5.69 Å². The molecule has 0 aliphatic heterocycles. The SMILES string of the molecule is Cc1cnc(-c2ccc(C(C)(C)c3ccccc3)c3c2oc2ccccc23)cc1CC(C)C. The van der Waals surface area contributed by atoms with Crippen LogP contribution < -0.4 is 0 Å². The minimum atomic E-state index is -0.172. The lowest BCUT2D eigenvalue weighted by atomic mass is 9.76. The third-order valence-corrected chi connectivity index (χ3v) is 6.81. The fourth-order valence-corrected chi connectivity index (χ4v) is 4.93. The summed E-state index contributed by atoms with van der Waals surface area (Å²) < 4.78 is 6.52. The van der Waals surface area contributed by atoms with E-state index in [0.29, 0.717) is 5.92 Å². The fourth-order valence-electron chi connectivity index (χ4n) is 4.93. The molecule has 0 fully saturated rings. The summed E-state index contributed by atoms with van der Waals surface area (Å²) in [6, 6.07) is 25.8. The fraction of sp³-hybridized carbons (Fsp3) is 0.258. The highest BCUT2D eigenvalue weighted by atomic mass is 16.3. The summed E-state index contributed by atoms with van der Waals surface area (Å²) in [6.45, 7) is 11.3. The van der Waals surface area contributed by atoms with Crippen molar-refractivity contribution in [3.8, 4) is 11.3 Å². The van der Waals surface area contributed by atoms with Crippen molar-refractivity contribution in [1.29, 1.82) is 0 Å². The normalized spacial score (nSPS) is 12.2. The van der Waals surface area contributed by atoms with Gasteiger partial charge in [-0.25, -0.2) is 0 Å². The van der Waals surface area contributed by atoms with Gasteiger partial charge in [-0.3, -0.25) is 4.98 Å². The zero-order valence-corrected chi connectivity index (χ0v) is 20.1. The van der Waals surface area contributed by atoms with Crippen LogP contribution in [0, 0.1) is 12.8 Å². The first-order valence-corrected chi connectivity index (χ1v) is 11.8. The standard InChI is InChI=1S/C31H31NO/c1-20(2)17-22-18-27(32-19-21(22)3)24-15-16-26(31(4,5)23-11-7-6-8-12-23)29-25-13-9-10-14-28(25)33-30(24)29/h6-16,18-20H,17H2,1-5H3. The Morgan fingerprint density at radius 2 is 1.64 bits per heavy atom. The third-order valence-electron chi connectivity index (χ3n) is 6.81. The van der Waals surface area contributed by atoms with Gasteiger partial charge in [-0.2, -0.15) is 0 Å². The first kappa shape index (κ1) is 21.5. The average Bonchev–Trinajstić information content (AvgIpc) is 3.20. The zero-order chi connectivity index (χ0) is 23.2. The second-order valence-corrected chi connectivity index (χ2v) is 10.0. The number of nitrogens with zero attached hydrogens (tertiary/aromatic N) is 1. The monoisotopic (exact) mass is 433 g/mol. The smallest absolute Gasteiger partial charge is 0.145 e. The Morgan fingerprint density at radius 1 is 0.909 bits per heavy atom. The van der Waals surface area contributed by atoms with Gasteiger partial charge in [0.1, 0.15) is 11.2 Å². The number of aromatic nitrogens is 1. The molecule has 5 rings (SSSR count). The number of benzene rings is 3. The quantitative estimate of drug-likeness (QED) is 0.278. The summed E-state index contributed by atoms with van der Waals surface area (Å²) in [5.74, 6) is 0.596. The molecular weight excluding hydrogens is 402 g/mol. The van der Waals surface area contributed by atoms with E-state index in [4.69, 9.17) is 9.40 Å². The Kier molecular flexibility index (Phi) is 5.32. The van der Waals surface area contributed by atoms with Crippen molar-refractivity contribution in [2.24, 2.45) is 5.92 Å². The summed E-state index contributed by atoms with van der Waals surface area (Å²) in [6.07, 6.45) is 3.05. The van der Waals surface area contributed by atoms with Gasteiger partial charge in [0.2, 0.25) is 0 Å². The van der Waals surface area contributed by atoms with E-state index < -0.39 is 0 Å². The summed E-state index contributed by atoms with van der Waals surface area (Å²) in [5, 5.41) is 2.34. The highest BCUT2D eigenvalue weighted by molar-refractivity contribution is 6.11. The molecule has 0 bridgehead atoms. The van der Waals surface area contributed by atoms with Crippen molar-refractivity contribution in [2.45, 2.75) is 46.5 Å². The van der Waals surface area contributed by atoms with Crippen LogP contribution in [0.25, 0.3) is 33.2 Å². The van der Waals surface area contributed by atoms with Crippen LogP contribution in [-0.2, 0) is 11.8 Å². The molecule has 0 unspecified atom stereocenters. The maximum Gasteiger partial charge on any atom is 0.145 e. The maximum absolute atomic E-state index is 6.52. The Bertz CT molecular complexity index is 1440. The molecule has 0 N–H and O–H groups in total. The Hall–Kier alpha value is -3.39. The van der Waals surface area contributed by atoms with Gasteiger partial charge in [0.15, 0.2) is 0 Å². The van der Waals surface area contributed by atoms with E-state index in [1.807, 2.05) is 12.3 Å². The van der Waals surface area contributed by atoms with E-state index in [2.05, 4.69) is 101 Å². The van der Waals surface area contributed by atoms with Crippen LogP contribution in [-0.4, -0.2) is 4.98 Å². The molecule has 3 aromatic carbocycles. The van der Waals surface area contributed by atoms with Gasteiger partial charge < -0.3 is 4.42 Å². The molecule has 2 heteroatoms. The van der Waals surface area contributed by atoms with Gasteiger partial charge in [-0.15, -0.1) is 0 Å². The largest absolute Gasteiger partial charge is 0.455 e. The first-order chi connectivity index (χ1) is 15.9. The van der Waals surface area contributed by atoms with E-state index in [-0.39, 0.29) is 5.41 Å². The van der Waals surface area contributed by atoms with E-state index >= 15 is 0 Å². The summed E-state index contributed by atoms with van der Waals surface area (Å²) in [5.41, 5.74) is 8.85. The van der Waals surface area contributed by atoms with Crippen LogP contribution in [0.1, 0.15) is 49.9 Å². The lowest BCUT2D eigenvalue weighted by molar-refractivity contribution is 0.642. The zero-order valence-electron chi connectivity index (χ0n) is 20.1. The van der Waals surface area contributed by atoms with Gasteiger partial charge in [0, 0.05) is 27.9 Å². The maximum atomic E-state index is 6.52. The van der Waals surface area contributed by atoms with Crippen molar-refractivity contribution in [3.05, 3.63) is 101 Å². The van der Waals surface area contributed by atoms with Gasteiger partial charge >= 0.3 is 0 Å². The molecule has 2 heterocycles. The second kappa shape index (κ2) is 8.19. The average molecular weight is 434 g/mol. The molecule has 5 aromatic rings. The summed E-state index contributed by atoms with van der Waals surface area (Å²) in [7, 11) is 0. The summed E-state index contributed by atoms with van der Waals surface area (Å²) in [4.78, 5) is 4.83. The van der Waals surface area contributed by atoms with Crippen LogP contribution in [0.2, 0.25) is 0 Å². The summed E-state index contributed by atoms with van der Waals surface area (Å²) >= 11 is 0. The lowest BCUT2D eigenvalue weighted by Crippen LogP contribution is -2.19. The van der Waals surface area contributed by atoms with Gasteiger partial charge in [-0.1, -0.05) is 82.3 Å². The molecular formula is C31H31NO. The molecule has 0 aliphatic carbocycles. The predicted molar refractivity (Wildman–Crippen MR) is 139 cm³/mol. The Labute approximate surface area is 196 Å². The van der Waals surface area contributed by atoms with Crippen molar-refractivity contribution in [2.75, 3.05) is 0 Å². The number of pyridine rings is 1. The minimum absolute atomic E-state index is 0.172. The number of fused-ring (bicyclic) bond motifs is 3. The number of para-hydroxylation sites is 1. The number of rotatable bonds is 5. The van der Waals surface area contributed by atoms with Crippen LogP contribution in [0.4, 0.5) is 0 Å². The molecule has 0 atom stereocenters. The minimum Gasteiger partial charge on any atom is -0.455 e. The van der Waals surface area contributed by atoms with Crippen LogP contribution in [0.15, 0.2) is 83.4 Å². The van der Waals surface area contributed by atoms with Crippen LogP contribution in [0.3, 0.4) is 0 Å². The van der Waals surface area contributed by atoms with Crippen molar-refractivity contribution >= 4 is 21.9 Å². The van der Waals surface area contributed by atoms with Crippen molar-refractivity contribution in [1.82, 2.24) is 4.98 Å². The van der Waals surface area contributed by atoms with Crippen molar-refractivity contribution in [3.63, 3.8) is 0 Å². The molecule has 0 amide bonds.